The van der Waals surface area contributed by atoms with Crippen LogP contribution in [0.1, 0.15) is 12.5 Å². The molecule has 2 aromatic rings. The third-order valence-electron chi connectivity index (χ3n) is 3.34. The van der Waals surface area contributed by atoms with E-state index in [0.717, 1.165) is 5.56 Å². The molecule has 1 aliphatic rings. The van der Waals surface area contributed by atoms with Gasteiger partial charge in [0.1, 0.15) is 5.75 Å². The number of benzene rings is 2. The molecular formula is C17H13ClN2O2. The lowest BCUT2D eigenvalue weighted by atomic mass is 10.1. The van der Waals surface area contributed by atoms with Crippen LogP contribution in [-0.2, 0) is 4.79 Å². The Morgan fingerprint density at radius 1 is 1.09 bits per heavy atom. The second kappa shape index (κ2) is 5.66. The van der Waals surface area contributed by atoms with Crippen LogP contribution >= 0.6 is 11.6 Å². The third-order valence-corrected chi connectivity index (χ3v) is 3.59. The highest BCUT2D eigenvalue weighted by Gasteiger charge is 2.28. The molecule has 1 heterocycles. The lowest BCUT2D eigenvalue weighted by Crippen LogP contribution is -2.21. The molecule has 110 valence electrons. The van der Waals surface area contributed by atoms with Crippen LogP contribution in [0.25, 0.3) is 6.08 Å². The summed E-state index contributed by atoms with van der Waals surface area (Å²) in [5.41, 5.74) is 2.67. The number of hydrogen-bond acceptors (Lipinski definition) is 3. The molecule has 0 aromatic heterocycles. The average molecular weight is 313 g/mol. The van der Waals surface area contributed by atoms with Crippen LogP contribution < -0.4 is 5.01 Å². The van der Waals surface area contributed by atoms with Crippen LogP contribution in [0, 0.1) is 0 Å². The molecule has 4 nitrogen and oxygen atoms in total. The molecule has 0 atom stereocenters. The molecule has 0 bridgehead atoms. The second-order valence-electron chi connectivity index (χ2n) is 4.93. The first-order chi connectivity index (χ1) is 10.5. The van der Waals surface area contributed by atoms with Crippen LogP contribution in [0.4, 0.5) is 5.69 Å². The Balaban J connectivity index is 1.92. The molecule has 0 saturated carbocycles. The summed E-state index contributed by atoms with van der Waals surface area (Å²) >= 11 is 5.86. The van der Waals surface area contributed by atoms with E-state index >= 15 is 0 Å². The van der Waals surface area contributed by atoms with Gasteiger partial charge in [0.2, 0.25) is 0 Å². The summed E-state index contributed by atoms with van der Waals surface area (Å²) in [6, 6.07) is 13.6. The highest BCUT2D eigenvalue weighted by Crippen LogP contribution is 2.26. The molecule has 1 aliphatic heterocycles. The van der Waals surface area contributed by atoms with Gasteiger partial charge in [0.25, 0.3) is 5.91 Å². The maximum atomic E-state index is 12.5. The minimum Gasteiger partial charge on any atom is -0.508 e. The fourth-order valence-corrected chi connectivity index (χ4v) is 2.30. The summed E-state index contributed by atoms with van der Waals surface area (Å²) in [5.74, 6) is 0.000903. The molecule has 1 amide bonds. The fraction of sp³-hybridized carbons (Fsp3) is 0.0588. The Labute approximate surface area is 133 Å². The van der Waals surface area contributed by atoms with Gasteiger partial charge in [-0.25, -0.2) is 0 Å². The third kappa shape index (κ3) is 2.73. The number of nitrogens with zero attached hydrogens (tertiary/aromatic N) is 2. The van der Waals surface area contributed by atoms with Crippen molar-refractivity contribution in [3.05, 3.63) is 64.7 Å². The van der Waals surface area contributed by atoms with Gasteiger partial charge >= 0.3 is 0 Å². The van der Waals surface area contributed by atoms with Gasteiger partial charge < -0.3 is 5.11 Å². The maximum absolute atomic E-state index is 12.5. The minimum atomic E-state index is -0.187. The van der Waals surface area contributed by atoms with Crippen molar-refractivity contribution in [2.24, 2.45) is 5.10 Å². The summed E-state index contributed by atoms with van der Waals surface area (Å²) < 4.78 is 0. The van der Waals surface area contributed by atoms with Crippen LogP contribution in [0.2, 0.25) is 5.02 Å². The molecule has 3 rings (SSSR count). The standard InChI is InChI=1S/C17H13ClN2O2/c1-11-16(10-12-2-8-15(21)9-3-12)17(22)20(19-11)14-6-4-13(18)5-7-14/h2-10,21H,1H3/b16-10+. The van der Waals surface area contributed by atoms with E-state index in [1.165, 1.54) is 5.01 Å². The molecule has 0 radical (unpaired) electrons. The van der Waals surface area contributed by atoms with Gasteiger partial charge in [-0.3, -0.25) is 4.79 Å². The topological polar surface area (TPSA) is 52.9 Å². The van der Waals surface area contributed by atoms with Crippen molar-refractivity contribution in [1.82, 2.24) is 0 Å². The van der Waals surface area contributed by atoms with E-state index < -0.39 is 0 Å². The number of carbonyl (C=O) groups is 1. The predicted octanol–water partition coefficient (Wildman–Crippen LogP) is 3.85. The molecule has 0 unspecified atom stereocenters. The summed E-state index contributed by atoms with van der Waals surface area (Å²) in [5, 5.41) is 15.6. The highest BCUT2D eigenvalue weighted by molar-refractivity contribution is 6.32. The molecule has 1 N–H and O–H groups in total. The van der Waals surface area contributed by atoms with Gasteiger partial charge in [-0.1, -0.05) is 23.7 Å². The van der Waals surface area contributed by atoms with E-state index in [4.69, 9.17) is 11.6 Å². The Bertz CT molecular complexity index is 777. The van der Waals surface area contributed by atoms with Crippen molar-refractivity contribution >= 4 is 35.0 Å². The van der Waals surface area contributed by atoms with Crippen molar-refractivity contribution < 1.29 is 9.90 Å². The van der Waals surface area contributed by atoms with Crippen LogP contribution in [0.15, 0.2) is 59.2 Å². The predicted molar refractivity (Wildman–Crippen MR) is 88.1 cm³/mol. The number of halogens is 1. The molecule has 0 spiro atoms. The van der Waals surface area contributed by atoms with Gasteiger partial charge in [-0.15, -0.1) is 0 Å². The van der Waals surface area contributed by atoms with Crippen LogP contribution in [-0.4, -0.2) is 16.7 Å². The number of anilines is 1. The smallest absolute Gasteiger partial charge is 0.280 e. The van der Waals surface area contributed by atoms with Crippen molar-refractivity contribution in [3.8, 4) is 5.75 Å². The van der Waals surface area contributed by atoms with Crippen molar-refractivity contribution in [1.29, 1.82) is 0 Å². The van der Waals surface area contributed by atoms with Crippen LogP contribution in [0.3, 0.4) is 0 Å². The van der Waals surface area contributed by atoms with E-state index in [9.17, 15) is 9.90 Å². The van der Waals surface area contributed by atoms with Gasteiger partial charge in [-0.2, -0.15) is 10.1 Å². The monoisotopic (exact) mass is 312 g/mol. The lowest BCUT2D eigenvalue weighted by molar-refractivity contribution is -0.114. The zero-order valence-corrected chi connectivity index (χ0v) is 12.6. The molecule has 0 fully saturated rings. The minimum absolute atomic E-state index is 0.187. The van der Waals surface area contributed by atoms with E-state index in [2.05, 4.69) is 5.10 Å². The Morgan fingerprint density at radius 3 is 2.36 bits per heavy atom. The number of phenolic OH excluding ortho intramolecular Hbond substituents is 1. The Morgan fingerprint density at radius 2 is 1.73 bits per heavy atom. The van der Waals surface area contributed by atoms with E-state index in [-0.39, 0.29) is 11.7 Å². The Kier molecular flexibility index (Phi) is 3.69. The number of phenols is 1. The summed E-state index contributed by atoms with van der Waals surface area (Å²) in [6.45, 7) is 1.79. The zero-order valence-electron chi connectivity index (χ0n) is 11.8. The molecule has 22 heavy (non-hydrogen) atoms. The number of aromatic hydroxyl groups is 1. The van der Waals surface area contributed by atoms with Crippen molar-refractivity contribution in [2.75, 3.05) is 5.01 Å². The van der Waals surface area contributed by atoms with E-state index in [1.807, 2.05) is 0 Å². The first-order valence-electron chi connectivity index (χ1n) is 6.71. The lowest BCUT2D eigenvalue weighted by Gasteiger charge is -2.11. The molecule has 0 saturated heterocycles. The normalized spacial score (nSPS) is 16.3. The zero-order chi connectivity index (χ0) is 15.7. The molecular weight excluding hydrogens is 300 g/mol. The molecule has 2 aromatic carbocycles. The largest absolute Gasteiger partial charge is 0.508 e. The summed E-state index contributed by atoms with van der Waals surface area (Å²) in [7, 11) is 0. The maximum Gasteiger partial charge on any atom is 0.280 e. The number of rotatable bonds is 2. The van der Waals surface area contributed by atoms with Gasteiger partial charge in [-0.05, 0) is 55.0 Å². The number of hydrazone groups is 1. The fourth-order valence-electron chi connectivity index (χ4n) is 2.18. The first-order valence-corrected chi connectivity index (χ1v) is 7.09. The summed E-state index contributed by atoms with van der Waals surface area (Å²) in [4.78, 5) is 12.5. The van der Waals surface area contributed by atoms with Gasteiger partial charge in [0.05, 0.1) is 17.0 Å². The summed E-state index contributed by atoms with van der Waals surface area (Å²) in [6.07, 6.45) is 1.76. The van der Waals surface area contributed by atoms with Crippen LogP contribution in [0.5, 0.6) is 5.75 Å². The molecule has 0 aliphatic carbocycles. The number of hydrogen-bond donors (Lipinski definition) is 1. The highest BCUT2D eigenvalue weighted by atomic mass is 35.5. The average Bonchev–Trinajstić information content (AvgIpc) is 2.78. The van der Waals surface area contributed by atoms with E-state index in [1.54, 1.807) is 61.5 Å². The van der Waals surface area contributed by atoms with E-state index in [0.29, 0.717) is 22.0 Å². The van der Waals surface area contributed by atoms with Gasteiger partial charge in [0.15, 0.2) is 0 Å². The Hall–Kier alpha value is -2.59. The molecule has 5 heteroatoms. The number of carbonyl (C=O) groups excluding carboxylic acids is 1. The SMILES string of the molecule is CC1=NN(c2ccc(Cl)cc2)C(=O)/C1=C/c1ccc(O)cc1. The van der Waals surface area contributed by atoms with Gasteiger partial charge in [0, 0.05) is 5.02 Å². The van der Waals surface area contributed by atoms with Crippen molar-refractivity contribution in [2.45, 2.75) is 6.92 Å². The first kappa shape index (κ1) is 14.4. The quantitative estimate of drug-likeness (QED) is 0.856. The van der Waals surface area contributed by atoms with Crippen molar-refractivity contribution in [3.63, 3.8) is 0 Å². The number of amides is 1. The second-order valence-corrected chi connectivity index (χ2v) is 5.36.